The average Bonchev–Trinajstić information content (AvgIpc) is 3.24. The summed E-state index contributed by atoms with van der Waals surface area (Å²) in [6, 6.07) is -0.728. The van der Waals surface area contributed by atoms with Crippen LogP contribution in [-0.4, -0.2) is 46.9 Å². The van der Waals surface area contributed by atoms with Gasteiger partial charge in [0.25, 0.3) is 0 Å². The van der Waals surface area contributed by atoms with Gasteiger partial charge in [0.05, 0.1) is 25.2 Å². The number of rotatable bonds is 42. The van der Waals surface area contributed by atoms with Crippen molar-refractivity contribution in [3.63, 3.8) is 0 Å². The second-order valence-electron chi connectivity index (χ2n) is 16.2. The maximum Gasteiger partial charge on any atom is 0.306 e. The molecule has 0 radical (unpaired) electrons. The molecule has 0 spiro atoms. The standard InChI is InChI=1S/C54H91NO5/c1-4-7-10-13-16-19-21-23-25-26-27-28-30-32-35-38-41-44-47-54(59)60-50(45-42-39-36-34-31-29-24-22-20-17-14-11-8-5-2)48-53(58)55-51(49-56)52(57)46-43-40-37-33-18-15-12-9-6-3/h8,11,16-17,19-21,23-29,34,36,50-52,56-57H,4-7,9-10,12-15,18,22,30-33,35,37-49H2,1-3H3,(H,55,58)/b11-8+,19-16+,20-17+,23-21+,26-25+,28-27+,29-24+,36-34+. The summed E-state index contributed by atoms with van der Waals surface area (Å²) in [5.41, 5.74) is 0. The molecule has 6 nitrogen and oxygen atoms in total. The minimum atomic E-state index is -0.810. The molecule has 3 unspecified atom stereocenters. The van der Waals surface area contributed by atoms with Gasteiger partial charge >= 0.3 is 5.97 Å². The second-order valence-corrected chi connectivity index (χ2v) is 16.2. The summed E-state index contributed by atoms with van der Waals surface area (Å²) < 4.78 is 5.88. The summed E-state index contributed by atoms with van der Waals surface area (Å²) in [6.45, 7) is 6.27. The van der Waals surface area contributed by atoms with Gasteiger partial charge in [-0.05, 0) is 83.5 Å². The third-order valence-electron chi connectivity index (χ3n) is 10.5. The van der Waals surface area contributed by atoms with Gasteiger partial charge < -0.3 is 20.3 Å². The smallest absolute Gasteiger partial charge is 0.306 e. The van der Waals surface area contributed by atoms with Crippen LogP contribution in [0.15, 0.2) is 97.2 Å². The molecule has 0 bridgehead atoms. The number of carbonyl (C=O) groups is 2. The topological polar surface area (TPSA) is 95.9 Å². The van der Waals surface area contributed by atoms with E-state index in [0.717, 1.165) is 103 Å². The number of unbranched alkanes of at least 4 members (excludes halogenated alkanes) is 17. The molecule has 3 N–H and O–H groups in total. The Labute approximate surface area is 369 Å². The van der Waals surface area contributed by atoms with Crippen molar-refractivity contribution in [2.75, 3.05) is 6.61 Å². The Morgan fingerprint density at radius 3 is 1.57 bits per heavy atom. The first-order chi connectivity index (χ1) is 29.5. The van der Waals surface area contributed by atoms with Crippen LogP contribution in [0, 0.1) is 0 Å². The van der Waals surface area contributed by atoms with E-state index in [1.807, 2.05) is 0 Å². The van der Waals surface area contributed by atoms with Gasteiger partial charge in [-0.25, -0.2) is 0 Å². The molecule has 60 heavy (non-hydrogen) atoms. The quantitative estimate of drug-likeness (QED) is 0.0246. The molecular formula is C54H91NO5. The third-order valence-corrected chi connectivity index (χ3v) is 10.5. The van der Waals surface area contributed by atoms with Crippen LogP contribution >= 0.6 is 0 Å². The Bertz CT molecular complexity index is 1210. The SMILES string of the molecule is CC/C=C/C/C=C/C/C=C/C/C=C/CCCC(CC(=O)NC(CO)C(O)CCCCCCCCCCC)OC(=O)CCCCCCC/C=C/C=C/C=C/C=C/CCCCC. The highest BCUT2D eigenvalue weighted by Gasteiger charge is 2.24. The number of amides is 1. The van der Waals surface area contributed by atoms with Crippen molar-refractivity contribution >= 4 is 11.9 Å². The van der Waals surface area contributed by atoms with Crippen LogP contribution < -0.4 is 5.32 Å². The van der Waals surface area contributed by atoms with Crippen LogP contribution in [0.1, 0.15) is 207 Å². The molecule has 0 aliphatic rings. The molecular weight excluding hydrogens is 743 g/mol. The molecule has 0 aromatic heterocycles. The van der Waals surface area contributed by atoms with Gasteiger partial charge in [-0.1, -0.05) is 208 Å². The summed E-state index contributed by atoms with van der Waals surface area (Å²) in [5, 5.41) is 23.6. The first kappa shape index (κ1) is 56.8. The second kappa shape index (κ2) is 46.8. The molecule has 0 aromatic carbocycles. The molecule has 6 heteroatoms. The van der Waals surface area contributed by atoms with Gasteiger partial charge in [-0.2, -0.15) is 0 Å². The highest BCUT2D eigenvalue weighted by molar-refractivity contribution is 5.77. The Kier molecular flexibility index (Phi) is 44.3. The van der Waals surface area contributed by atoms with Crippen LogP contribution in [-0.2, 0) is 14.3 Å². The fourth-order valence-corrected chi connectivity index (χ4v) is 6.79. The van der Waals surface area contributed by atoms with Gasteiger partial charge in [0.15, 0.2) is 0 Å². The lowest BCUT2D eigenvalue weighted by atomic mass is 10.0. The van der Waals surface area contributed by atoms with E-state index >= 15 is 0 Å². The number of carbonyl (C=O) groups excluding carboxylic acids is 2. The molecule has 0 aromatic rings. The molecule has 0 heterocycles. The first-order valence-electron chi connectivity index (χ1n) is 24.5. The molecule has 0 rings (SSSR count). The van der Waals surface area contributed by atoms with E-state index in [0.29, 0.717) is 19.3 Å². The monoisotopic (exact) mass is 834 g/mol. The lowest BCUT2D eigenvalue weighted by molar-refractivity contribution is -0.151. The van der Waals surface area contributed by atoms with Gasteiger partial charge in [-0.3, -0.25) is 9.59 Å². The zero-order chi connectivity index (χ0) is 43.8. The van der Waals surface area contributed by atoms with Crippen molar-refractivity contribution < 1.29 is 24.5 Å². The van der Waals surface area contributed by atoms with Crippen LogP contribution in [0.5, 0.6) is 0 Å². The zero-order valence-corrected chi connectivity index (χ0v) is 38.8. The highest BCUT2D eigenvalue weighted by Crippen LogP contribution is 2.16. The normalized spacial score (nSPS) is 14.2. The summed E-state index contributed by atoms with van der Waals surface area (Å²) in [6.07, 6.45) is 61.8. The number of allylic oxidation sites excluding steroid dienone is 16. The summed E-state index contributed by atoms with van der Waals surface area (Å²) in [7, 11) is 0. The molecule has 0 saturated heterocycles. The van der Waals surface area contributed by atoms with Crippen molar-refractivity contribution in [3.8, 4) is 0 Å². The van der Waals surface area contributed by atoms with E-state index in [2.05, 4.69) is 123 Å². The van der Waals surface area contributed by atoms with E-state index < -0.39 is 18.2 Å². The van der Waals surface area contributed by atoms with Crippen molar-refractivity contribution in [1.29, 1.82) is 0 Å². The Hall–Kier alpha value is -3.22. The fraction of sp³-hybridized carbons (Fsp3) is 0.667. The lowest BCUT2D eigenvalue weighted by Gasteiger charge is -2.24. The third kappa shape index (κ3) is 41.5. The van der Waals surface area contributed by atoms with Crippen LogP contribution in [0.3, 0.4) is 0 Å². The van der Waals surface area contributed by atoms with Crippen LogP contribution in [0.4, 0.5) is 0 Å². The van der Waals surface area contributed by atoms with Crippen molar-refractivity contribution in [2.45, 2.75) is 225 Å². The summed E-state index contributed by atoms with van der Waals surface area (Å²) in [5.74, 6) is -0.566. The van der Waals surface area contributed by atoms with Crippen molar-refractivity contribution in [3.05, 3.63) is 97.2 Å². The number of ether oxygens (including phenoxy) is 1. The van der Waals surface area contributed by atoms with E-state index in [9.17, 15) is 19.8 Å². The zero-order valence-electron chi connectivity index (χ0n) is 38.8. The number of hydrogen-bond acceptors (Lipinski definition) is 5. The van der Waals surface area contributed by atoms with Gasteiger partial charge in [0.1, 0.15) is 6.10 Å². The molecule has 0 aliphatic heterocycles. The Balaban J connectivity index is 4.73. The average molecular weight is 834 g/mol. The number of hydrogen-bond donors (Lipinski definition) is 3. The van der Waals surface area contributed by atoms with Crippen molar-refractivity contribution in [2.24, 2.45) is 0 Å². The van der Waals surface area contributed by atoms with E-state index in [1.165, 1.54) is 57.8 Å². The van der Waals surface area contributed by atoms with E-state index in [4.69, 9.17) is 4.74 Å². The minimum Gasteiger partial charge on any atom is -0.462 e. The largest absolute Gasteiger partial charge is 0.462 e. The Morgan fingerprint density at radius 1 is 0.517 bits per heavy atom. The molecule has 342 valence electrons. The van der Waals surface area contributed by atoms with Gasteiger partial charge in [-0.15, -0.1) is 0 Å². The highest BCUT2D eigenvalue weighted by atomic mass is 16.5. The van der Waals surface area contributed by atoms with E-state index in [1.54, 1.807) is 0 Å². The number of nitrogens with one attached hydrogen (secondary N) is 1. The van der Waals surface area contributed by atoms with E-state index in [-0.39, 0.29) is 24.9 Å². The fourth-order valence-electron chi connectivity index (χ4n) is 6.79. The summed E-state index contributed by atoms with van der Waals surface area (Å²) in [4.78, 5) is 26.1. The van der Waals surface area contributed by atoms with Gasteiger partial charge in [0, 0.05) is 6.42 Å². The van der Waals surface area contributed by atoms with Crippen LogP contribution in [0.2, 0.25) is 0 Å². The minimum absolute atomic E-state index is 0.0242. The molecule has 1 amide bonds. The first-order valence-corrected chi connectivity index (χ1v) is 24.5. The number of esters is 1. The maximum absolute atomic E-state index is 13.1. The number of aliphatic hydroxyl groups excluding tert-OH is 2. The lowest BCUT2D eigenvalue weighted by Crippen LogP contribution is -2.46. The van der Waals surface area contributed by atoms with Gasteiger partial charge in [0.2, 0.25) is 5.91 Å². The molecule has 0 saturated carbocycles. The predicted molar refractivity (Wildman–Crippen MR) is 259 cm³/mol. The Morgan fingerprint density at radius 2 is 0.983 bits per heavy atom. The molecule has 0 fully saturated rings. The van der Waals surface area contributed by atoms with Crippen molar-refractivity contribution in [1.82, 2.24) is 5.32 Å². The number of aliphatic hydroxyl groups is 2. The van der Waals surface area contributed by atoms with Crippen LogP contribution in [0.25, 0.3) is 0 Å². The maximum atomic E-state index is 13.1. The molecule has 3 atom stereocenters. The summed E-state index contributed by atoms with van der Waals surface area (Å²) >= 11 is 0. The molecule has 0 aliphatic carbocycles. The predicted octanol–water partition coefficient (Wildman–Crippen LogP) is 14.6.